The monoisotopic (exact) mass is 494 g/mol. The summed E-state index contributed by atoms with van der Waals surface area (Å²) in [6.45, 7) is 2.90. The van der Waals surface area contributed by atoms with Gasteiger partial charge in [0.2, 0.25) is 10.0 Å². The van der Waals surface area contributed by atoms with Crippen LogP contribution in [-0.4, -0.2) is 61.4 Å². The van der Waals surface area contributed by atoms with Crippen LogP contribution >= 0.6 is 11.8 Å². The zero-order valence-electron chi connectivity index (χ0n) is 18.3. The number of hydrogen-bond donors (Lipinski definition) is 3. The van der Waals surface area contributed by atoms with E-state index in [2.05, 4.69) is 10.2 Å². The highest BCUT2D eigenvalue weighted by Gasteiger charge is 2.23. The van der Waals surface area contributed by atoms with Crippen molar-refractivity contribution in [1.29, 1.82) is 0 Å². The summed E-state index contributed by atoms with van der Waals surface area (Å²) in [5, 5.41) is 29.4. The summed E-state index contributed by atoms with van der Waals surface area (Å²) in [6, 6.07) is 13.5. The molecule has 0 unspecified atom stereocenters. The minimum Gasteiger partial charge on any atom is -0.396 e. The second kappa shape index (κ2) is 11.8. The maximum atomic E-state index is 11.6. The van der Waals surface area contributed by atoms with E-state index in [1.54, 1.807) is 11.8 Å². The van der Waals surface area contributed by atoms with Crippen molar-refractivity contribution in [2.24, 2.45) is 11.1 Å². The van der Waals surface area contributed by atoms with Crippen LogP contribution in [0.25, 0.3) is 0 Å². The van der Waals surface area contributed by atoms with Gasteiger partial charge in [-0.15, -0.1) is 11.8 Å². The summed E-state index contributed by atoms with van der Waals surface area (Å²) >= 11 is 1.66. The summed E-state index contributed by atoms with van der Waals surface area (Å²) < 4.78 is 23.3. The predicted molar refractivity (Wildman–Crippen MR) is 130 cm³/mol. The zero-order valence-corrected chi connectivity index (χ0v) is 19.9. The molecule has 11 heteroatoms. The first kappa shape index (κ1) is 25.4. The molecule has 0 spiro atoms. The minimum atomic E-state index is -4.04. The fourth-order valence-corrected chi connectivity index (χ4v) is 5.35. The molecule has 9 nitrogen and oxygen atoms in total. The van der Waals surface area contributed by atoms with Crippen LogP contribution in [0.15, 0.2) is 58.3 Å². The third-order valence-electron chi connectivity index (χ3n) is 5.81. The summed E-state index contributed by atoms with van der Waals surface area (Å²) in [4.78, 5) is 14.2. The molecule has 180 valence electrons. The van der Waals surface area contributed by atoms with Crippen LogP contribution < -0.4 is 10.5 Å². The smallest absolute Gasteiger partial charge is 0.293 e. The number of likely N-dealkylation sites (tertiary alicyclic amines) is 1. The number of thioether (sulfide) groups is 1. The molecule has 33 heavy (non-hydrogen) atoms. The summed E-state index contributed by atoms with van der Waals surface area (Å²) in [5.74, 6) is 1.05. The maximum Gasteiger partial charge on any atom is 0.293 e. The van der Waals surface area contributed by atoms with E-state index in [1.165, 1.54) is 12.1 Å². The average Bonchev–Trinajstić information content (AvgIpc) is 2.81. The Bertz CT molecular complexity index is 1030. The van der Waals surface area contributed by atoms with E-state index in [0.717, 1.165) is 49.9 Å². The number of aliphatic hydroxyl groups excluding tert-OH is 1. The van der Waals surface area contributed by atoms with Crippen molar-refractivity contribution in [2.45, 2.75) is 35.1 Å². The van der Waals surface area contributed by atoms with E-state index in [0.29, 0.717) is 11.7 Å². The van der Waals surface area contributed by atoms with Crippen molar-refractivity contribution >= 4 is 33.2 Å². The molecule has 0 radical (unpaired) electrons. The lowest BCUT2D eigenvalue weighted by molar-refractivity contribution is -0.384. The molecule has 0 bridgehead atoms. The fraction of sp³-hybridized carbons (Fsp3) is 0.455. The van der Waals surface area contributed by atoms with E-state index < -0.39 is 14.9 Å². The van der Waals surface area contributed by atoms with Crippen molar-refractivity contribution in [2.75, 3.05) is 37.3 Å². The first-order valence-corrected chi connectivity index (χ1v) is 13.4. The van der Waals surface area contributed by atoms with Crippen LogP contribution in [0.3, 0.4) is 0 Å². The molecule has 0 aliphatic carbocycles. The predicted octanol–water partition coefficient (Wildman–Crippen LogP) is 2.91. The minimum absolute atomic E-state index is 0.0789. The normalized spacial score (nSPS) is 16.4. The lowest BCUT2D eigenvalue weighted by atomic mass is 9.97. The second-order valence-electron chi connectivity index (χ2n) is 8.20. The first-order valence-electron chi connectivity index (χ1n) is 10.8. The summed E-state index contributed by atoms with van der Waals surface area (Å²) in [6.07, 6.45) is 2.69. The molecule has 1 heterocycles. The number of nitro benzene ring substituents is 1. The van der Waals surface area contributed by atoms with Crippen LogP contribution in [0.4, 0.5) is 11.4 Å². The van der Waals surface area contributed by atoms with E-state index in [-0.39, 0.29) is 28.9 Å². The Balaban J connectivity index is 1.73. The Morgan fingerprint density at radius 3 is 2.52 bits per heavy atom. The Morgan fingerprint density at radius 1 is 1.21 bits per heavy atom. The van der Waals surface area contributed by atoms with Gasteiger partial charge in [-0.05, 0) is 62.5 Å². The molecule has 2 aromatic carbocycles. The van der Waals surface area contributed by atoms with Crippen molar-refractivity contribution in [3.8, 4) is 0 Å². The highest BCUT2D eigenvalue weighted by atomic mass is 32.2. The van der Waals surface area contributed by atoms with Crippen LogP contribution in [0.2, 0.25) is 0 Å². The van der Waals surface area contributed by atoms with Gasteiger partial charge in [0.05, 0.1) is 9.82 Å². The van der Waals surface area contributed by atoms with Gasteiger partial charge in [0, 0.05) is 35.9 Å². The maximum absolute atomic E-state index is 11.6. The van der Waals surface area contributed by atoms with Gasteiger partial charge in [-0.1, -0.05) is 18.2 Å². The number of anilines is 1. The molecule has 4 N–H and O–H groups in total. The Labute approximate surface area is 198 Å². The molecule has 1 atom stereocenters. The average molecular weight is 495 g/mol. The highest BCUT2D eigenvalue weighted by molar-refractivity contribution is 7.99. The number of primary sulfonamides is 1. The molecular weight excluding hydrogens is 464 g/mol. The molecule has 1 aliphatic rings. The van der Waals surface area contributed by atoms with Crippen molar-refractivity contribution in [3.05, 3.63) is 58.6 Å². The molecule has 0 aromatic heterocycles. The summed E-state index contributed by atoms with van der Waals surface area (Å²) in [7, 11) is -4.04. The van der Waals surface area contributed by atoms with Gasteiger partial charge in [0.25, 0.3) is 5.69 Å². The largest absolute Gasteiger partial charge is 0.396 e. The molecule has 0 amide bonds. The lowest BCUT2D eigenvalue weighted by Gasteiger charge is -2.32. The quantitative estimate of drug-likeness (QED) is 0.246. The lowest BCUT2D eigenvalue weighted by Crippen LogP contribution is -2.38. The van der Waals surface area contributed by atoms with Crippen LogP contribution in [0, 0.1) is 16.0 Å². The number of nitrogens with zero attached hydrogens (tertiary/aromatic N) is 2. The SMILES string of the molecule is NS(=O)(=O)c1ccc(N[C@H](CCN2CCC(CO)CC2)CSc2ccccc2)c([N+](=O)[O-])c1. The third-order valence-corrected chi connectivity index (χ3v) is 7.89. The topological polar surface area (TPSA) is 139 Å². The van der Waals surface area contributed by atoms with Crippen molar-refractivity contribution in [3.63, 3.8) is 0 Å². The van der Waals surface area contributed by atoms with Gasteiger partial charge in [-0.2, -0.15) is 0 Å². The van der Waals surface area contributed by atoms with Gasteiger partial charge in [0.15, 0.2) is 0 Å². The molecule has 2 aromatic rings. The van der Waals surface area contributed by atoms with Crippen LogP contribution in [0.1, 0.15) is 19.3 Å². The zero-order chi connectivity index (χ0) is 23.8. The van der Waals surface area contributed by atoms with Gasteiger partial charge in [-0.25, -0.2) is 13.6 Å². The number of sulfonamides is 1. The Hall–Kier alpha value is -2.18. The van der Waals surface area contributed by atoms with Crippen molar-refractivity contribution < 1.29 is 18.4 Å². The number of aliphatic hydroxyl groups is 1. The van der Waals surface area contributed by atoms with E-state index in [9.17, 15) is 23.6 Å². The fourth-order valence-electron chi connectivity index (χ4n) is 3.82. The van der Waals surface area contributed by atoms with E-state index in [4.69, 9.17) is 5.14 Å². The van der Waals surface area contributed by atoms with Crippen LogP contribution in [-0.2, 0) is 10.0 Å². The molecule has 1 saturated heterocycles. The number of rotatable bonds is 11. The molecule has 1 aliphatic heterocycles. The Morgan fingerprint density at radius 2 is 1.91 bits per heavy atom. The second-order valence-corrected chi connectivity index (χ2v) is 10.9. The number of nitro groups is 1. The van der Waals surface area contributed by atoms with Crippen LogP contribution in [0.5, 0.6) is 0 Å². The standard InChI is InChI=1S/C22H30N4O5S2/c23-33(30,31)20-6-7-21(22(14-20)26(28)29)24-18(16-32-19-4-2-1-3-5-19)10-13-25-11-8-17(15-27)9-12-25/h1-7,14,17-18,24,27H,8-13,15-16H2,(H2,23,30,31)/t18-/m1/s1. The molecule has 1 fully saturated rings. The van der Waals surface area contributed by atoms with Gasteiger partial charge < -0.3 is 15.3 Å². The molecular formula is C22H30N4O5S2. The number of hydrogen-bond acceptors (Lipinski definition) is 8. The Kier molecular flexibility index (Phi) is 9.10. The van der Waals surface area contributed by atoms with Gasteiger partial charge in [0.1, 0.15) is 5.69 Å². The third kappa shape index (κ3) is 7.68. The number of benzene rings is 2. The van der Waals surface area contributed by atoms with Gasteiger partial charge in [-0.3, -0.25) is 10.1 Å². The summed E-state index contributed by atoms with van der Waals surface area (Å²) in [5.41, 5.74) is -0.0509. The highest BCUT2D eigenvalue weighted by Crippen LogP contribution is 2.30. The number of nitrogens with two attached hydrogens (primary N) is 1. The van der Waals surface area contributed by atoms with E-state index in [1.807, 2.05) is 30.3 Å². The molecule has 3 rings (SSSR count). The first-order chi connectivity index (χ1) is 15.8. The van der Waals surface area contributed by atoms with Crippen molar-refractivity contribution in [1.82, 2.24) is 4.90 Å². The number of nitrogens with one attached hydrogen (secondary N) is 1. The van der Waals surface area contributed by atoms with Gasteiger partial charge >= 0.3 is 0 Å². The number of piperidine rings is 1. The molecule has 0 saturated carbocycles. The van der Waals surface area contributed by atoms with E-state index >= 15 is 0 Å².